The SMILES string of the molecule is CCc1nc2ccc(Br)cc2c(=O)n1N=Cc1c(C)n(Cc2ccccc2)c2ccccc12. The molecule has 2 aromatic heterocycles. The van der Waals surface area contributed by atoms with Crippen LogP contribution in [0.4, 0.5) is 0 Å². The number of aryl methyl sites for hydroxylation is 1. The monoisotopic (exact) mass is 498 g/mol. The molecule has 0 spiro atoms. The number of hydrogen-bond acceptors (Lipinski definition) is 3. The largest absolute Gasteiger partial charge is 0.340 e. The topological polar surface area (TPSA) is 52.2 Å². The minimum absolute atomic E-state index is 0.167. The average Bonchev–Trinajstić information content (AvgIpc) is 3.10. The second kappa shape index (κ2) is 8.79. The summed E-state index contributed by atoms with van der Waals surface area (Å²) in [6.45, 7) is 4.85. The van der Waals surface area contributed by atoms with Gasteiger partial charge in [-0.05, 0) is 36.8 Å². The molecule has 6 heteroatoms. The lowest BCUT2D eigenvalue weighted by Crippen LogP contribution is -2.22. The molecule has 164 valence electrons. The molecule has 0 fully saturated rings. The molecule has 0 aliphatic carbocycles. The molecule has 0 aliphatic rings. The van der Waals surface area contributed by atoms with Crippen LogP contribution in [0, 0.1) is 6.92 Å². The summed E-state index contributed by atoms with van der Waals surface area (Å²) >= 11 is 3.45. The molecule has 0 unspecified atom stereocenters. The fourth-order valence-corrected chi connectivity index (χ4v) is 4.61. The van der Waals surface area contributed by atoms with Crippen LogP contribution in [0.25, 0.3) is 21.8 Å². The van der Waals surface area contributed by atoms with Crippen LogP contribution in [0.5, 0.6) is 0 Å². The number of nitrogens with zero attached hydrogens (tertiary/aromatic N) is 4. The summed E-state index contributed by atoms with van der Waals surface area (Å²) in [6, 6.07) is 24.3. The Bertz CT molecular complexity index is 1560. The van der Waals surface area contributed by atoms with Crippen molar-refractivity contribution in [1.29, 1.82) is 0 Å². The van der Waals surface area contributed by atoms with Crippen molar-refractivity contribution in [1.82, 2.24) is 14.2 Å². The van der Waals surface area contributed by atoms with E-state index in [1.807, 2.05) is 31.2 Å². The summed E-state index contributed by atoms with van der Waals surface area (Å²) < 4.78 is 4.57. The second-order valence-electron chi connectivity index (χ2n) is 7.99. The number of para-hydroxylation sites is 1. The van der Waals surface area contributed by atoms with E-state index in [1.165, 1.54) is 10.2 Å². The Morgan fingerprint density at radius 2 is 1.76 bits per heavy atom. The normalized spacial score (nSPS) is 11.7. The third-order valence-electron chi connectivity index (χ3n) is 5.96. The van der Waals surface area contributed by atoms with E-state index in [2.05, 4.69) is 80.0 Å². The number of hydrogen-bond donors (Lipinski definition) is 0. The van der Waals surface area contributed by atoms with Crippen molar-refractivity contribution >= 4 is 44.0 Å². The van der Waals surface area contributed by atoms with Crippen LogP contribution in [0.1, 0.15) is 29.6 Å². The van der Waals surface area contributed by atoms with Crippen LogP contribution < -0.4 is 5.56 Å². The summed E-state index contributed by atoms with van der Waals surface area (Å²) in [5, 5.41) is 6.30. The Kier molecular flexibility index (Phi) is 5.68. The molecule has 0 saturated heterocycles. The van der Waals surface area contributed by atoms with Gasteiger partial charge in [0.1, 0.15) is 5.82 Å². The Balaban J connectivity index is 1.65. The standard InChI is InChI=1S/C27H23BrN4O/c1-3-26-30-24-14-13-20(28)15-22(24)27(33)32(26)29-16-23-18(2)31(17-19-9-5-4-6-10-19)25-12-8-7-11-21(23)25/h4-16H,3,17H2,1-2H3. The molecular formula is C27H23BrN4O. The van der Waals surface area contributed by atoms with Gasteiger partial charge in [0.15, 0.2) is 0 Å². The maximum atomic E-state index is 13.3. The van der Waals surface area contributed by atoms with E-state index in [0.29, 0.717) is 23.1 Å². The van der Waals surface area contributed by atoms with Crippen molar-refractivity contribution in [3.05, 3.63) is 110 Å². The minimum atomic E-state index is -0.167. The molecule has 0 saturated carbocycles. The molecule has 5 rings (SSSR count). The van der Waals surface area contributed by atoms with Crippen molar-refractivity contribution in [2.45, 2.75) is 26.8 Å². The maximum Gasteiger partial charge on any atom is 0.282 e. The molecule has 5 aromatic rings. The van der Waals surface area contributed by atoms with Gasteiger partial charge in [-0.3, -0.25) is 4.79 Å². The lowest BCUT2D eigenvalue weighted by atomic mass is 10.1. The van der Waals surface area contributed by atoms with Crippen LogP contribution in [0.3, 0.4) is 0 Å². The maximum absolute atomic E-state index is 13.3. The van der Waals surface area contributed by atoms with Crippen LogP contribution in [-0.2, 0) is 13.0 Å². The lowest BCUT2D eigenvalue weighted by Gasteiger charge is -2.09. The molecule has 0 aliphatic heterocycles. The first kappa shape index (κ1) is 21.3. The van der Waals surface area contributed by atoms with Gasteiger partial charge in [0.05, 0.1) is 17.1 Å². The number of benzene rings is 3. The quantitative estimate of drug-likeness (QED) is 0.282. The zero-order chi connectivity index (χ0) is 22.9. The van der Waals surface area contributed by atoms with Crippen molar-refractivity contribution in [3.8, 4) is 0 Å². The van der Waals surface area contributed by atoms with Gasteiger partial charge < -0.3 is 4.57 Å². The van der Waals surface area contributed by atoms with E-state index in [0.717, 1.165) is 33.2 Å². The van der Waals surface area contributed by atoms with E-state index >= 15 is 0 Å². The average molecular weight is 499 g/mol. The highest BCUT2D eigenvalue weighted by molar-refractivity contribution is 9.10. The number of aromatic nitrogens is 3. The van der Waals surface area contributed by atoms with Gasteiger partial charge in [-0.1, -0.05) is 71.4 Å². The Morgan fingerprint density at radius 3 is 2.55 bits per heavy atom. The summed E-state index contributed by atoms with van der Waals surface area (Å²) in [5.74, 6) is 0.636. The van der Waals surface area contributed by atoms with Crippen molar-refractivity contribution in [2.24, 2.45) is 5.10 Å². The zero-order valence-corrected chi connectivity index (χ0v) is 20.1. The van der Waals surface area contributed by atoms with Gasteiger partial charge in [0.25, 0.3) is 5.56 Å². The van der Waals surface area contributed by atoms with Gasteiger partial charge in [-0.2, -0.15) is 9.78 Å². The van der Waals surface area contributed by atoms with E-state index in [4.69, 9.17) is 0 Å². The molecule has 33 heavy (non-hydrogen) atoms. The predicted octanol–water partition coefficient (Wildman–Crippen LogP) is 5.92. The highest BCUT2D eigenvalue weighted by Gasteiger charge is 2.14. The fourth-order valence-electron chi connectivity index (χ4n) is 4.25. The van der Waals surface area contributed by atoms with Crippen LogP contribution >= 0.6 is 15.9 Å². The van der Waals surface area contributed by atoms with Gasteiger partial charge in [0, 0.05) is 39.6 Å². The summed E-state index contributed by atoms with van der Waals surface area (Å²) in [6.07, 6.45) is 2.40. The first-order chi connectivity index (χ1) is 16.1. The Morgan fingerprint density at radius 1 is 1.00 bits per heavy atom. The van der Waals surface area contributed by atoms with E-state index < -0.39 is 0 Å². The van der Waals surface area contributed by atoms with Crippen LogP contribution in [0.2, 0.25) is 0 Å². The summed E-state index contributed by atoms with van der Waals surface area (Å²) in [4.78, 5) is 17.9. The number of fused-ring (bicyclic) bond motifs is 2. The number of rotatable bonds is 5. The van der Waals surface area contributed by atoms with Crippen LogP contribution in [0.15, 0.2) is 87.2 Å². The number of halogens is 1. The van der Waals surface area contributed by atoms with Crippen molar-refractivity contribution < 1.29 is 0 Å². The zero-order valence-electron chi connectivity index (χ0n) is 18.5. The van der Waals surface area contributed by atoms with Crippen molar-refractivity contribution in [2.75, 3.05) is 0 Å². The van der Waals surface area contributed by atoms with Gasteiger partial charge >= 0.3 is 0 Å². The third kappa shape index (κ3) is 3.91. The molecule has 5 nitrogen and oxygen atoms in total. The molecule has 0 bridgehead atoms. The molecule has 0 N–H and O–H groups in total. The van der Waals surface area contributed by atoms with Crippen molar-refractivity contribution in [3.63, 3.8) is 0 Å². The second-order valence-corrected chi connectivity index (χ2v) is 8.91. The van der Waals surface area contributed by atoms with E-state index in [1.54, 1.807) is 12.3 Å². The molecule has 3 aromatic carbocycles. The summed E-state index contributed by atoms with van der Waals surface area (Å²) in [7, 11) is 0. The smallest absolute Gasteiger partial charge is 0.282 e. The Hall–Kier alpha value is -3.51. The molecule has 0 atom stereocenters. The fraction of sp³-hybridized carbons (Fsp3) is 0.148. The highest BCUT2D eigenvalue weighted by Crippen LogP contribution is 2.26. The van der Waals surface area contributed by atoms with E-state index in [9.17, 15) is 4.79 Å². The molecular weight excluding hydrogens is 476 g/mol. The summed E-state index contributed by atoms with van der Waals surface area (Å²) in [5.41, 5.74) is 5.00. The molecule has 2 heterocycles. The first-order valence-electron chi connectivity index (χ1n) is 10.9. The van der Waals surface area contributed by atoms with Crippen LogP contribution in [-0.4, -0.2) is 20.4 Å². The Labute approximate surface area is 200 Å². The minimum Gasteiger partial charge on any atom is -0.340 e. The van der Waals surface area contributed by atoms with E-state index in [-0.39, 0.29) is 5.56 Å². The highest BCUT2D eigenvalue weighted by atomic mass is 79.9. The molecule has 0 radical (unpaired) electrons. The van der Waals surface area contributed by atoms with Gasteiger partial charge in [-0.15, -0.1) is 0 Å². The molecule has 0 amide bonds. The lowest BCUT2D eigenvalue weighted by molar-refractivity contribution is 0.734. The van der Waals surface area contributed by atoms with Gasteiger partial charge in [0.2, 0.25) is 0 Å². The van der Waals surface area contributed by atoms with Gasteiger partial charge in [-0.25, -0.2) is 4.98 Å². The predicted molar refractivity (Wildman–Crippen MR) is 138 cm³/mol. The first-order valence-corrected chi connectivity index (χ1v) is 11.7. The third-order valence-corrected chi connectivity index (χ3v) is 6.45.